The maximum atomic E-state index is 13.7. The van der Waals surface area contributed by atoms with Crippen LogP contribution in [0.4, 0.5) is 15.8 Å². The Morgan fingerprint density at radius 2 is 1.78 bits per heavy atom. The largest absolute Gasteiger partial charge is 0.371 e. The number of anilines is 2. The number of benzene rings is 2. The summed E-state index contributed by atoms with van der Waals surface area (Å²) in [5.74, 6) is -0.293. The lowest BCUT2D eigenvalue weighted by atomic mass is 9.98. The molecular weight excluding hydrogens is 429 g/mol. The maximum Gasteiger partial charge on any atom is 0.257 e. The summed E-state index contributed by atoms with van der Waals surface area (Å²) < 4.78 is 41.3. The molecule has 0 radical (unpaired) electrons. The topological polar surface area (TPSA) is 69.7 Å². The Hall–Kier alpha value is -2.45. The van der Waals surface area contributed by atoms with E-state index in [-0.39, 0.29) is 10.5 Å². The van der Waals surface area contributed by atoms with Gasteiger partial charge in [0.2, 0.25) is 10.0 Å². The number of rotatable bonds is 7. The molecule has 1 heterocycles. The summed E-state index contributed by atoms with van der Waals surface area (Å²) in [6, 6.07) is 8.95. The highest BCUT2D eigenvalue weighted by molar-refractivity contribution is 7.89. The Morgan fingerprint density at radius 1 is 1.12 bits per heavy atom. The molecule has 3 rings (SSSR count). The van der Waals surface area contributed by atoms with Crippen LogP contribution in [0.5, 0.6) is 0 Å². The van der Waals surface area contributed by atoms with Gasteiger partial charge < -0.3 is 10.2 Å². The fraction of sp³-hybridized carbons (Fsp3) is 0.458. The van der Waals surface area contributed by atoms with Crippen molar-refractivity contribution in [2.45, 2.75) is 45.4 Å². The van der Waals surface area contributed by atoms with Crippen LogP contribution in [0.15, 0.2) is 41.3 Å². The smallest absolute Gasteiger partial charge is 0.257 e. The standard InChI is InChI=1S/C24H32FN3O3S/c1-5-28(6-2)32(30,31)20-9-10-23(27-13-11-17(3)12-14-27)21(16-20)24(29)26-22-15-19(25)8-7-18(22)4/h7-10,15-17H,5-6,11-14H2,1-4H3,(H,26,29). The Kier molecular flexibility index (Phi) is 7.56. The molecule has 0 unspecified atom stereocenters. The average molecular weight is 462 g/mol. The molecule has 1 aliphatic rings. The molecule has 1 saturated heterocycles. The van der Waals surface area contributed by atoms with E-state index in [1.807, 2.05) is 0 Å². The number of amides is 1. The van der Waals surface area contributed by atoms with Crippen molar-refractivity contribution in [1.82, 2.24) is 4.31 Å². The van der Waals surface area contributed by atoms with Crippen LogP contribution in [-0.2, 0) is 10.0 Å². The highest BCUT2D eigenvalue weighted by atomic mass is 32.2. The van der Waals surface area contributed by atoms with Crippen LogP contribution in [0.3, 0.4) is 0 Å². The van der Waals surface area contributed by atoms with Crippen molar-refractivity contribution in [3.8, 4) is 0 Å². The van der Waals surface area contributed by atoms with Gasteiger partial charge in [-0.15, -0.1) is 0 Å². The van der Waals surface area contributed by atoms with Gasteiger partial charge in [-0.1, -0.05) is 26.8 Å². The summed E-state index contributed by atoms with van der Waals surface area (Å²) in [4.78, 5) is 15.5. The lowest BCUT2D eigenvalue weighted by molar-refractivity contribution is 0.102. The number of carbonyl (C=O) groups is 1. The summed E-state index contributed by atoms with van der Waals surface area (Å²) in [6.07, 6.45) is 2.01. The van der Waals surface area contributed by atoms with Crippen LogP contribution in [-0.4, -0.2) is 44.8 Å². The van der Waals surface area contributed by atoms with E-state index in [0.29, 0.717) is 30.4 Å². The Balaban J connectivity index is 2.04. The maximum absolute atomic E-state index is 13.7. The Labute approximate surface area is 190 Å². The quantitative estimate of drug-likeness (QED) is 0.651. The van der Waals surface area contributed by atoms with Crippen molar-refractivity contribution in [1.29, 1.82) is 0 Å². The summed E-state index contributed by atoms with van der Waals surface area (Å²) in [5, 5.41) is 2.78. The second-order valence-electron chi connectivity index (χ2n) is 8.35. The molecule has 1 amide bonds. The first-order chi connectivity index (χ1) is 15.2. The SMILES string of the molecule is CCN(CC)S(=O)(=O)c1ccc(N2CCC(C)CC2)c(C(=O)Nc2cc(F)ccc2C)c1. The van der Waals surface area contributed by atoms with Crippen molar-refractivity contribution in [3.63, 3.8) is 0 Å². The lowest BCUT2D eigenvalue weighted by Gasteiger charge is -2.33. The summed E-state index contributed by atoms with van der Waals surface area (Å²) in [5.41, 5.74) is 2.06. The van der Waals surface area contributed by atoms with Crippen LogP contribution in [0.1, 0.15) is 49.5 Å². The van der Waals surface area contributed by atoms with E-state index >= 15 is 0 Å². The van der Waals surface area contributed by atoms with Crippen molar-refractivity contribution in [2.75, 3.05) is 36.4 Å². The highest BCUT2D eigenvalue weighted by Crippen LogP contribution is 2.30. The van der Waals surface area contributed by atoms with Crippen LogP contribution < -0.4 is 10.2 Å². The van der Waals surface area contributed by atoms with Gasteiger partial charge in [-0.25, -0.2) is 12.8 Å². The third-order valence-corrected chi connectivity index (χ3v) is 8.17. The molecule has 8 heteroatoms. The minimum Gasteiger partial charge on any atom is -0.371 e. The first-order valence-corrected chi connectivity index (χ1v) is 12.6. The number of sulfonamides is 1. The van der Waals surface area contributed by atoms with E-state index in [4.69, 9.17) is 0 Å². The molecule has 32 heavy (non-hydrogen) atoms. The molecule has 174 valence electrons. The highest BCUT2D eigenvalue weighted by Gasteiger charge is 2.27. The van der Waals surface area contributed by atoms with Gasteiger partial charge >= 0.3 is 0 Å². The van der Waals surface area contributed by atoms with E-state index in [1.54, 1.807) is 39.0 Å². The van der Waals surface area contributed by atoms with Gasteiger partial charge in [-0.2, -0.15) is 4.31 Å². The Morgan fingerprint density at radius 3 is 2.41 bits per heavy atom. The zero-order valence-corrected chi connectivity index (χ0v) is 20.0. The molecule has 1 fully saturated rings. The number of nitrogens with zero attached hydrogens (tertiary/aromatic N) is 2. The predicted molar refractivity (Wildman–Crippen MR) is 126 cm³/mol. The zero-order chi connectivity index (χ0) is 23.5. The molecule has 1 N–H and O–H groups in total. The van der Waals surface area contributed by atoms with Crippen molar-refractivity contribution >= 4 is 27.3 Å². The second kappa shape index (κ2) is 10.0. The third kappa shape index (κ3) is 5.13. The number of hydrogen-bond donors (Lipinski definition) is 1. The summed E-state index contributed by atoms with van der Waals surface area (Å²) >= 11 is 0. The minimum absolute atomic E-state index is 0.0800. The molecule has 1 aliphatic heterocycles. The molecule has 2 aromatic carbocycles. The number of carbonyl (C=O) groups excluding carboxylic acids is 1. The van der Waals surface area contributed by atoms with Gasteiger partial charge in [0, 0.05) is 37.6 Å². The number of aryl methyl sites for hydroxylation is 1. The second-order valence-corrected chi connectivity index (χ2v) is 10.3. The molecule has 0 bridgehead atoms. The predicted octanol–water partition coefficient (Wildman–Crippen LogP) is 4.65. The zero-order valence-electron chi connectivity index (χ0n) is 19.2. The number of piperidine rings is 1. The third-order valence-electron chi connectivity index (χ3n) is 6.13. The molecule has 0 atom stereocenters. The van der Waals surface area contributed by atoms with Gasteiger partial charge in [-0.3, -0.25) is 4.79 Å². The van der Waals surface area contributed by atoms with Crippen LogP contribution >= 0.6 is 0 Å². The molecule has 0 aliphatic carbocycles. The number of hydrogen-bond acceptors (Lipinski definition) is 4. The van der Waals surface area contributed by atoms with Crippen LogP contribution in [0, 0.1) is 18.7 Å². The summed E-state index contributed by atoms with van der Waals surface area (Å²) in [7, 11) is -3.73. The molecule has 0 aromatic heterocycles. The molecule has 0 saturated carbocycles. The first-order valence-electron chi connectivity index (χ1n) is 11.1. The number of nitrogens with one attached hydrogen (secondary N) is 1. The van der Waals surface area contributed by atoms with E-state index in [2.05, 4.69) is 17.1 Å². The van der Waals surface area contributed by atoms with E-state index in [1.165, 1.54) is 22.5 Å². The van der Waals surface area contributed by atoms with Crippen molar-refractivity contribution in [3.05, 3.63) is 53.3 Å². The number of halogens is 1. The fourth-order valence-corrected chi connectivity index (χ4v) is 5.50. The van der Waals surface area contributed by atoms with E-state index in [9.17, 15) is 17.6 Å². The van der Waals surface area contributed by atoms with E-state index < -0.39 is 21.7 Å². The van der Waals surface area contributed by atoms with Gasteiger partial charge in [0.25, 0.3) is 5.91 Å². The molecular formula is C24H32FN3O3S. The van der Waals surface area contributed by atoms with Gasteiger partial charge in [0.1, 0.15) is 5.82 Å². The monoisotopic (exact) mass is 461 g/mol. The average Bonchev–Trinajstić information content (AvgIpc) is 2.77. The van der Waals surface area contributed by atoms with Crippen LogP contribution in [0.25, 0.3) is 0 Å². The normalized spacial score (nSPS) is 15.2. The Bertz CT molecular complexity index is 1080. The minimum atomic E-state index is -3.73. The van der Waals surface area contributed by atoms with E-state index in [0.717, 1.165) is 31.5 Å². The molecule has 0 spiro atoms. The fourth-order valence-electron chi connectivity index (χ4n) is 4.01. The van der Waals surface area contributed by atoms with Gasteiger partial charge in [0.05, 0.1) is 10.5 Å². The molecule has 6 nitrogen and oxygen atoms in total. The van der Waals surface area contributed by atoms with Gasteiger partial charge in [-0.05, 0) is 61.6 Å². The van der Waals surface area contributed by atoms with Crippen molar-refractivity contribution < 1.29 is 17.6 Å². The van der Waals surface area contributed by atoms with Crippen LogP contribution in [0.2, 0.25) is 0 Å². The first kappa shape index (κ1) is 24.2. The van der Waals surface area contributed by atoms with Gasteiger partial charge in [0.15, 0.2) is 0 Å². The summed E-state index contributed by atoms with van der Waals surface area (Å²) in [6.45, 7) is 9.82. The van der Waals surface area contributed by atoms with Crippen molar-refractivity contribution in [2.24, 2.45) is 5.92 Å². The molecule has 2 aromatic rings. The lowest BCUT2D eigenvalue weighted by Crippen LogP contribution is -2.35.